The SMILES string of the molecule is O=C(O)CC(O)C(O)c1ccc(S(=O)(=O)F)cc1. The van der Waals surface area contributed by atoms with Crippen LogP contribution in [0.5, 0.6) is 0 Å². The number of halogens is 1. The van der Waals surface area contributed by atoms with Crippen molar-refractivity contribution in [2.24, 2.45) is 0 Å². The van der Waals surface area contributed by atoms with Crippen LogP contribution in [0.15, 0.2) is 29.2 Å². The monoisotopic (exact) mass is 278 g/mol. The number of carboxylic acid groups (broad SMARTS) is 1. The standard InChI is InChI=1S/C10H11FO6S/c11-18(16,17)7-3-1-6(2-4-7)10(15)8(12)5-9(13)14/h1-4,8,10,12,15H,5H2,(H,13,14). The fourth-order valence-electron chi connectivity index (χ4n) is 1.34. The van der Waals surface area contributed by atoms with Gasteiger partial charge < -0.3 is 15.3 Å². The van der Waals surface area contributed by atoms with E-state index in [1.165, 1.54) is 0 Å². The minimum atomic E-state index is -4.82. The van der Waals surface area contributed by atoms with Gasteiger partial charge in [0.15, 0.2) is 0 Å². The predicted molar refractivity (Wildman–Crippen MR) is 58.0 cm³/mol. The summed E-state index contributed by atoms with van der Waals surface area (Å²) in [6.07, 6.45) is -3.68. The quantitative estimate of drug-likeness (QED) is 0.664. The predicted octanol–water partition coefficient (Wildman–Crippen LogP) is 0.214. The molecular formula is C10H11FO6S. The Balaban J connectivity index is 2.88. The van der Waals surface area contributed by atoms with Crippen molar-refractivity contribution in [3.63, 3.8) is 0 Å². The van der Waals surface area contributed by atoms with Crippen LogP contribution >= 0.6 is 0 Å². The molecule has 0 aliphatic rings. The highest BCUT2D eigenvalue weighted by Crippen LogP contribution is 2.21. The molecule has 3 N–H and O–H groups in total. The maximum Gasteiger partial charge on any atom is 0.332 e. The van der Waals surface area contributed by atoms with Crippen LogP contribution in [0.25, 0.3) is 0 Å². The molecule has 0 bridgehead atoms. The van der Waals surface area contributed by atoms with Gasteiger partial charge in [-0.2, -0.15) is 8.42 Å². The van der Waals surface area contributed by atoms with Gasteiger partial charge in [-0.1, -0.05) is 12.1 Å². The molecule has 2 atom stereocenters. The molecule has 100 valence electrons. The van der Waals surface area contributed by atoms with Gasteiger partial charge in [0, 0.05) is 0 Å². The Hall–Kier alpha value is -1.51. The molecule has 1 rings (SSSR count). The number of hydrogen-bond acceptors (Lipinski definition) is 5. The smallest absolute Gasteiger partial charge is 0.332 e. The lowest BCUT2D eigenvalue weighted by Gasteiger charge is -2.16. The summed E-state index contributed by atoms with van der Waals surface area (Å²) in [6.45, 7) is 0. The fourth-order valence-corrected chi connectivity index (χ4v) is 1.80. The number of aliphatic hydroxyl groups excluding tert-OH is 2. The molecule has 0 saturated heterocycles. The molecule has 0 saturated carbocycles. The first-order valence-corrected chi connectivity index (χ1v) is 6.22. The van der Waals surface area contributed by atoms with E-state index in [-0.39, 0.29) is 5.56 Å². The van der Waals surface area contributed by atoms with Crippen molar-refractivity contribution in [1.82, 2.24) is 0 Å². The lowest BCUT2D eigenvalue weighted by Crippen LogP contribution is -2.21. The molecule has 0 radical (unpaired) electrons. The van der Waals surface area contributed by atoms with Crippen LogP contribution in [0.3, 0.4) is 0 Å². The Morgan fingerprint density at radius 1 is 1.22 bits per heavy atom. The second-order valence-electron chi connectivity index (χ2n) is 3.62. The van der Waals surface area contributed by atoms with Crippen molar-refractivity contribution in [3.8, 4) is 0 Å². The van der Waals surface area contributed by atoms with Gasteiger partial charge in [0.1, 0.15) is 6.10 Å². The molecule has 6 nitrogen and oxygen atoms in total. The molecule has 0 spiro atoms. The highest BCUT2D eigenvalue weighted by molar-refractivity contribution is 7.86. The van der Waals surface area contributed by atoms with E-state index in [1.54, 1.807) is 0 Å². The van der Waals surface area contributed by atoms with Crippen LogP contribution < -0.4 is 0 Å². The molecule has 2 unspecified atom stereocenters. The Morgan fingerprint density at radius 3 is 2.11 bits per heavy atom. The molecule has 0 heterocycles. The van der Waals surface area contributed by atoms with Crippen molar-refractivity contribution in [1.29, 1.82) is 0 Å². The second-order valence-corrected chi connectivity index (χ2v) is 4.96. The van der Waals surface area contributed by atoms with Crippen molar-refractivity contribution >= 4 is 16.2 Å². The van der Waals surface area contributed by atoms with E-state index < -0.39 is 39.7 Å². The van der Waals surface area contributed by atoms with Gasteiger partial charge in [-0.05, 0) is 17.7 Å². The minimum absolute atomic E-state index is 0.0937. The zero-order chi connectivity index (χ0) is 13.9. The van der Waals surface area contributed by atoms with Crippen LogP contribution in [0.1, 0.15) is 18.1 Å². The summed E-state index contributed by atoms with van der Waals surface area (Å²) < 4.78 is 33.6. The Morgan fingerprint density at radius 2 is 1.72 bits per heavy atom. The Kier molecular flexibility index (Phi) is 4.38. The summed E-state index contributed by atoms with van der Waals surface area (Å²) in [5.41, 5.74) is 0.0937. The van der Waals surface area contributed by atoms with Crippen molar-refractivity contribution < 1.29 is 32.4 Å². The molecular weight excluding hydrogens is 267 g/mol. The second kappa shape index (κ2) is 5.42. The van der Waals surface area contributed by atoms with E-state index in [4.69, 9.17) is 5.11 Å². The van der Waals surface area contributed by atoms with Gasteiger partial charge in [0.05, 0.1) is 17.4 Å². The maximum absolute atomic E-state index is 12.6. The first kappa shape index (κ1) is 14.6. The third kappa shape index (κ3) is 3.76. The van der Waals surface area contributed by atoms with E-state index in [1.807, 2.05) is 0 Å². The summed E-state index contributed by atoms with van der Waals surface area (Å²) in [7, 11) is -4.82. The normalized spacial score (nSPS) is 15.1. The van der Waals surface area contributed by atoms with Crippen molar-refractivity contribution in [3.05, 3.63) is 29.8 Å². The van der Waals surface area contributed by atoms with Gasteiger partial charge in [0.25, 0.3) is 0 Å². The van der Waals surface area contributed by atoms with E-state index >= 15 is 0 Å². The lowest BCUT2D eigenvalue weighted by molar-refractivity contribution is -0.141. The molecule has 0 amide bonds. The van der Waals surface area contributed by atoms with Crippen molar-refractivity contribution in [2.75, 3.05) is 0 Å². The topological polar surface area (TPSA) is 112 Å². The molecule has 8 heteroatoms. The van der Waals surface area contributed by atoms with E-state index in [0.717, 1.165) is 24.3 Å². The Bertz CT molecular complexity index is 524. The zero-order valence-electron chi connectivity index (χ0n) is 9.02. The summed E-state index contributed by atoms with van der Waals surface area (Å²) >= 11 is 0. The van der Waals surface area contributed by atoms with Crippen LogP contribution in [0, 0.1) is 0 Å². The molecule has 18 heavy (non-hydrogen) atoms. The number of carbonyl (C=O) groups is 1. The van der Waals surface area contributed by atoms with Gasteiger partial charge in [0.2, 0.25) is 0 Å². The molecule has 0 aromatic heterocycles. The van der Waals surface area contributed by atoms with Crippen LogP contribution in [0.4, 0.5) is 3.89 Å². The molecule has 0 aliphatic heterocycles. The fraction of sp³-hybridized carbons (Fsp3) is 0.300. The average molecular weight is 278 g/mol. The van der Waals surface area contributed by atoms with Crippen LogP contribution in [0.2, 0.25) is 0 Å². The summed E-state index contributed by atoms with van der Waals surface area (Å²) in [4.78, 5) is 9.75. The van der Waals surface area contributed by atoms with E-state index in [0.29, 0.717) is 0 Å². The van der Waals surface area contributed by atoms with E-state index in [9.17, 15) is 27.3 Å². The zero-order valence-corrected chi connectivity index (χ0v) is 9.84. The lowest BCUT2D eigenvalue weighted by atomic mass is 10.0. The van der Waals surface area contributed by atoms with Gasteiger partial charge in [-0.15, -0.1) is 3.89 Å². The number of aliphatic carboxylic acids is 1. The van der Waals surface area contributed by atoms with Gasteiger partial charge in [-0.3, -0.25) is 4.79 Å². The van der Waals surface area contributed by atoms with Crippen LogP contribution in [-0.4, -0.2) is 35.8 Å². The number of benzene rings is 1. The first-order valence-electron chi connectivity index (χ1n) is 4.84. The largest absolute Gasteiger partial charge is 0.481 e. The van der Waals surface area contributed by atoms with Gasteiger partial charge >= 0.3 is 16.2 Å². The number of rotatable bonds is 5. The van der Waals surface area contributed by atoms with Crippen molar-refractivity contribution in [2.45, 2.75) is 23.5 Å². The summed E-state index contributed by atoms with van der Waals surface area (Å²) in [5, 5.41) is 27.4. The Labute approximate surface area is 103 Å². The summed E-state index contributed by atoms with van der Waals surface area (Å²) in [6, 6.07) is 4.03. The summed E-state index contributed by atoms with van der Waals surface area (Å²) in [5.74, 6) is -1.29. The van der Waals surface area contributed by atoms with Crippen LogP contribution in [-0.2, 0) is 15.0 Å². The third-order valence-electron chi connectivity index (χ3n) is 2.25. The highest BCUT2D eigenvalue weighted by atomic mass is 32.3. The van der Waals surface area contributed by atoms with Gasteiger partial charge in [-0.25, -0.2) is 0 Å². The first-order chi connectivity index (χ1) is 8.21. The number of hydrogen-bond donors (Lipinski definition) is 3. The number of carboxylic acids is 1. The molecule has 1 aromatic carbocycles. The third-order valence-corrected chi connectivity index (χ3v) is 3.09. The molecule has 0 aliphatic carbocycles. The average Bonchev–Trinajstić information content (AvgIpc) is 2.26. The molecule has 0 fully saturated rings. The minimum Gasteiger partial charge on any atom is -0.481 e. The molecule has 1 aromatic rings. The maximum atomic E-state index is 12.6. The van der Waals surface area contributed by atoms with E-state index in [2.05, 4.69) is 0 Å². The highest BCUT2D eigenvalue weighted by Gasteiger charge is 2.21. The number of aliphatic hydroxyl groups is 2.